The van der Waals surface area contributed by atoms with Gasteiger partial charge in [0.1, 0.15) is 17.6 Å². The van der Waals surface area contributed by atoms with Crippen LogP contribution in [-0.2, 0) is 15.6 Å². The van der Waals surface area contributed by atoms with E-state index in [1.165, 1.54) is 0 Å². The molecular weight excluding hydrogens is 290 g/mol. The van der Waals surface area contributed by atoms with E-state index in [0.29, 0.717) is 17.3 Å². The molecule has 0 fully saturated rings. The minimum atomic E-state index is -1.55. The Morgan fingerprint density at radius 1 is 1.38 bits per heavy atom. The quantitative estimate of drug-likeness (QED) is 0.477. The Labute approximate surface area is 127 Å². The summed E-state index contributed by atoms with van der Waals surface area (Å²) in [4.78, 5) is 12.1. The van der Waals surface area contributed by atoms with Crippen LogP contribution in [0.15, 0.2) is 29.2 Å². The van der Waals surface area contributed by atoms with Crippen molar-refractivity contribution in [3.05, 3.63) is 24.3 Å². The first kappa shape index (κ1) is 17.2. The minimum absolute atomic E-state index is 0.172. The standard InChI is InChI=1S/C15H19NO4S/c1-4-5-10-20-12-6-8-13(9-7-12)21(19)14(11(2)3)15(17)16-18/h6-9,11,14,18H,10H2,1-3H3,(H,16,17)/t14-,21?/m0/s1. The van der Waals surface area contributed by atoms with E-state index in [1.54, 1.807) is 50.5 Å². The molecule has 0 aromatic heterocycles. The first-order valence-corrected chi connectivity index (χ1v) is 7.69. The third-order valence-corrected chi connectivity index (χ3v) is 4.71. The highest BCUT2D eigenvalue weighted by atomic mass is 32.2. The maximum absolute atomic E-state index is 12.4. The molecule has 0 saturated heterocycles. The van der Waals surface area contributed by atoms with Crippen LogP contribution in [0.25, 0.3) is 0 Å². The fraction of sp³-hybridized carbons (Fsp3) is 0.400. The van der Waals surface area contributed by atoms with E-state index in [4.69, 9.17) is 9.94 Å². The number of ether oxygens (including phenoxy) is 1. The normalized spacial score (nSPS) is 13.0. The Morgan fingerprint density at radius 3 is 2.48 bits per heavy atom. The highest BCUT2D eigenvalue weighted by Gasteiger charge is 2.29. The maximum Gasteiger partial charge on any atom is 0.259 e. The van der Waals surface area contributed by atoms with Crippen LogP contribution in [0.3, 0.4) is 0 Å². The van der Waals surface area contributed by atoms with Crippen LogP contribution in [0, 0.1) is 17.8 Å². The van der Waals surface area contributed by atoms with E-state index >= 15 is 0 Å². The fourth-order valence-corrected chi connectivity index (χ4v) is 3.16. The van der Waals surface area contributed by atoms with E-state index in [1.807, 2.05) is 0 Å². The molecule has 6 heteroatoms. The molecular formula is C15H19NO4S. The summed E-state index contributed by atoms with van der Waals surface area (Å²) < 4.78 is 17.8. The average molecular weight is 309 g/mol. The average Bonchev–Trinajstić information content (AvgIpc) is 2.47. The van der Waals surface area contributed by atoms with Crippen molar-refractivity contribution >= 4 is 16.7 Å². The molecule has 1 rings (SSSR count). The molecule has 1 aromatic carbocycles. The highest BCUT2D eigenvalue weighted by molar-refractivity contribution is 7.86. The first-order chi connectivity index (χ1) is 10.0. The van der Waals surface area contributed by atoms with Crippen molar-refractivity contribution in [2.45, 2.75) is 30.9 Å². The molecule has 1 amide bonds. The predicted octanol–water partition coefficient (Wildman–Crippen LogP) is 1.73. The third-order valence-electron chi connectivity index (χ3n) is 2.75. The number of hydrogen-bond acceptors (Lipinski definition) is 4. The SMILES string of the molecule is CC#CCOc1ccc(S(=O)[C@H](C(=O)NO)C(C)C)cc1. The Kier molecular flexibility index (Phi) is 6.92. The van der Waals surface area contributed by atoms with Crippen molar-refractivity contribution in [1.82, 2.24) is 5.48 Å². The molecule has 0 heterocycles. The molecule has 1 aromatic rings. The lowest BCUT2D eigenvalue weighted by molar-refractivity contribution is -0.129. The van der Waals surface area contributed by atoms with Crippen LogP contribution >= 0.6 is 0 Å². The van der Waals surface area contributed by atoms with Crippen molar-refractivity contribution < 1.29 is 18.9 Å². The van der Waals surface area contributed by atoms with Gasteiger partial charge in [0.25, 0.3) is 5.91 Å². The van der Waals surface area contributed by atoms with Crippen molar-refractivity contribution in [1.29, 1.82) is 0 Å². The molecule has 0 aliphatic rings. The van der Waals surface area contributed by atoms with Gasteiger partial charge in [-0.15, -0.1) is 5.92 Å². The zero-order valence-electron chi connectivity index (χ0n) is 12.3. The molecule has 2 atom stereocenters. The lowest BCUT2D eigenvalue weighted by atomic mass is 10.1. The topological polar surface area (TPSA) is 75.6 Å². The number of carbonyl (C=O) groups excluding carboxylic acids is 1. The van der Waals surface area contributed by atoms with Gasteiger partial charge in [-0.2, -0.15) is 0 Å². The molecule has 5 nitrogen and oxygen atoms in total. The van der Waals surface area contributed by atoms with Gasteiger partial charge in [0, 0.05) is 4.90 Å². The van der Waals surface area contributed by atoms with Crippen LogP contribution < -0.4 is 10.2 Å². The summed E-state index contributed by atoms with van der Waals surface area (Å²) in [7, 11) is -1.55. The van der Waals surface area contributed by atoms with Crippen LogP contribution in [0.1, 0.15) is 20.8 Å². The highest BCUT2D eigenvalue weighted by Crippen LogP contribution is 2.20. The Morgan fingerprint density at radius 2 is 2.00 bits per heavy atom. The molecule has 21 heavy (non-hydrogen) atoms. The summed E-state index contributed by atoms with van der Waals surface area (Å²) in [5.74, 6) is 5.29. The zero-order chi connectivity index (χ0) is 15.8. The number of carbonyl (C=O) groups is 1. The third kappa shape index (κ3) is 4.88. The van der Waals surface area contributed by atoms with Gasteiger partial charge in [-0.05, 0) is 37.1 Å². The maximum atomic E-state index is 12.4. The van der Waals surface area contributed by atoms with Gasteiger partial charge in [-0.25, -0.2) is 5.48 Å². The van der Waals surface area contributed by atoms with Gasteiger partial charge in [-0.3, -0.25) is 14.2 Å². The number of hydroxylamine groups is 1. The van der Waals surface area contributed by atoms with E-state index in [9.17, 15) is 9.00 Å². The molecule has 2 N–H and O–H groups in total. The summed E-state index contributed by atoms with van der Waals surface area (Å²) in [6.45, 7) is 5.58. The van der Waals surface area contributed by atoms with Gasteiger partial charge in [0.2, 0.25) is 0 Å². The first-order valence-electron chi connectivity index (χ1n) is 6.48. The van der Waals surface area contributed by atoms with E-state index < -0.39 is 22.0 Å². The van der Waals surface area contributed by atoms with Gasteiger partial charge >= 0.3 is 0 Å². The molecule has 1 unspecified atom stereocenters. The van der Waals surface area contributed by atoms with Crippen molar-refractivity contribution in [3.8, 4) is 17.6 Å². The molecule has 0 radical (unpaired) electrons. The fourth-order valence-electron chi connectivity index (χ4n) is 1.72. The summed E-state index contributed by atoms with van der Waals surface area (Å²) >= 11 is 0. The summed E-state index contributed by atoms with van der Waals surface area (Å²) in [6.07, 6.45) is 0. The van der Waals surface area contributed by atoms with E-state index in [2.05, 4.69) is 11.8 Å². The number of amides is 1. The largest absolute Gasteiger partial charge is 0.481 e. The van der Waals surface area contributed by atoms with Gasteiger partial charge in [0.15, 0.2) is 0 Å². The molecule has 114 valence electrons. The van der Waals surface area contributed by atoms with E-state index in [0.717, 1.165) is 0 Å². The van der Waals surface area contributed by atoms with Crippen LogP contribution in [-0.4, -0.2) is 27.2 Å². The Hall–Kier alpha value is -1.84. The monoisotopic (exact) mass is 309 g/mol. The summed E-state index contributed by atoms with van der Waals surface area (Å²) in [5, 5.41) is 7.94. The van der Waals surface area contributed by atoms with Gasteiger partial charge in [0.05, 0.1) is 10.8 Å². The van der Waals surface area contributed by atoms with Crippen molar-refractivity contribution in [3.63, 3.8) is 0 Å². The Balaban J connectivity index is 2.86. The van der Waals surface area contributed by atoms with Crippen LogP contribution in [0.2, 0.25) is 0 Å². The van der Waals surface area contributed by atoms with Crippen LogP contribution in [0.5, 0.6) is 5.75 Å². The van der Waals surface area contributed by atoms with E-state index in [-0.39, 0.29) is 5.92 Å². The number of rotatable bonds is 6. The smallest absolute Gasteiger partial charge is 0.259 e. The minimum Gasteiger partial charge on any atom is -0.481 e. The summed E-state index contributed by atoms with van der Waals surface area (Å²) in [6, 6.07) is 6.65. The molecule has 0 bridgehead atoms. The van der Waals surface area contributed by atoms with Gasteiger partial charge < -0.3 is 4.74 Å². The molecule has 0 saturated carbocycles. The zero-order valence-corrected chi connectivity index (χ0v) is 13.1. The van der Waals surface area contributed by atoms with Gasteiger partial charge in [-0.1, -0.05) is 19.8 Å². The molecule has 0 aliphatic heterocycles. The second-order valence-corrected chi connectivity index (χ2v) is 6.20. The van der Waals surface area contributed by atoms with Crippen molar-refractivity contribution in [2.75, 3.05) is 6.61 Å². The predicted molar refractivity (Wildman–Crippen MR) is 80.4 cm³/mol. The number of benzene rings is 1. The second-order valence-electron chi connectivity index (χ2n) is 4.62. The molecule has 0 aliphatic carbocycles. The Bertz CT molecular complexity index is 557. The number of nitrogens with one attached hydrogen (secondary N) is 1. The number of hydrogen-bond donors (Lipinski definition) is 2. The summed E-state index contributed by atoms with van der Waals surface area (Å²) in [5.41, 5.74) is 1.57. The van der Waals surface area contributed by atoms with Crippen molar-refractivity contribution in [2.24, 2.45) is 5.92 Å². The lowest BCUT2D eigenvalue weighted by Gasteiger charge is -2.18. The molecule has 0 spiro atoms. The lowest BCUT2D eigenvalue weighted by Crippen LogP contribution is -2.39. The second kappa shape index (κ2) is 8.45. The van der Waals surface area contributed by atoms with Crippen LogP contribution in [0.4, 0.5) is 0 Å².